The van der Waals surface area contributed by atoms with Crippen LogP contribution in [0, 0.1) is 6.92 Å². The van der Waals surface area contributed by atoms with Crippen LogP contribution in [0.5, 0.6) is 11.5 Å². The Morgan fingerprint density at radius 2 is 1.97 bits per heavy atom. The summed E-state index contributed by atoms with van der Waals surface area (Å²) in [6, 6.07) is 15.3. The highest BCUT2D eigenvalue weighted by atomic mass is 32.1. The summed E-state index contributed by atoms with van der Waals surface area (Å²) >= 11 is 1.49. The first-order valence-electron chi connectivity index (χ1n) is 9.79. The molecule has 7 nitrogen and oxygen atoms in total. The molecule has 0 radical (unpaired) electrons. The molecule has 1 aliphatic heterocycles. The van der Waals surface area contributed by atoms with Gasteiger partial charge >= 0.3 is 0 Å². The van der Waals surface area contributed by atoms with Crippen LogP contribution in [0.1, 0.15) is 10.4 Å². The molecule has 0 bridgehead atoms. The molecular formula is C23H19N3O4S. The number of nitrogens with zero attached hydrogens (tertiary/aromatic N) is 2. The molecule has 1 aliphatic rings. The summed E-state index contributed by atoms with van der Waals surface area (Å²) in [6.07, 6.45) is 1.44. The quantitative estimate of drug-likeness (QED) is 0.521. The summed E-state index contributed by atoms with van der Waals surface area (Å²) in [6.45, 7) is 2.41. The van der Waals surface area contributed by atoms with Crippen LogP contribution < -0.4 is 20.3 Å². The number of nitrogens with one attached hydrogen (secondary N) is 1. The fourth-order valence-corrected chi connectivity index (χ4v) is 4.67. The first-order chi connectivity index (χ1) is 15.1. The molecule has 8 heteroatoms. The number of carbonyl (C=O) groups excluding carboxylic acids is 1. The zero-order valence-corrected chi connectivity index (χ0v) is 17.6. The standard InChI is InChI=1S/C23H19N3O4S/c1-14-20(16-5-3-2-4-6-16)21-22(31-14)25-12-26(23(21)28)11-19(27)24-10-15-7-8-17-18(9-15)30-13-29-17/h2-9,12H,10-11,13H2,1H3,(H,24,27). The van der Waals surface area contributed by atoms with Gasteiger partial charge in [0, 0.05) is 17.0 Å². The lowest BCUT2D eigenvalue weighted by molar-refractivity contribution is -0.121. The lowest BCUT2D eigenvalue weighted by Gasteiger charge is -2.08. The average molecular weight is 433 g/mol. The van der Waals surface area contributed by atoms with Gasteiger partial charge in [-0.2, -0.15) is 0 Å². The van der Waals surface area contributed by atoms with Crippen molar-refractivity contribution < 1.29 is 14.3 Å². The number of hydrogen-bond donors (Lipinski definition) is 1. The number of aromatic nitrogens is 2. The van der Waals surface area contributed by atoms with Crippen LogP contribution in [0.15, 0.2) is 59.7 Å². The van der Waals surface area contributed by atoms with Gasteiger partial charge in [0.05, 0.1) is 11.7 Å². The molecule has 0 saturated carbocycles. The Labute approximate surface area is 181 Å². The van der Waals surface area contributed by atoms with E-state index in [1.807, 2.05) is 55.5 Å². The minimum Gasteiger partial charge on any atom is -0.454 e. The molecule has 5 rings (SSSR count). The summed E-state index contributed by atoms with van der Waals surface area (Å²) < 4.78 is 12.0. The Hall–Kier alpha value is -3.65. The lowest BCUT2D eigenvalue weighted by Crippen LogP contribution is -2.32. The summed E-state index contributed by atoms with van der Waals surface area (Å²) in [4.78, 5) is 31.8. The van der Waals surface area contributed by atoms with E-state index in [2.05, 4.69) is 10.3 Å². The Morgan fingerprint density at radius 1 is 1.16 bits per heavy atom. The number of amides is 1. The van der Waals surface area contributed by atoms with Crippen LogP contribution >= 0.6 is 11.3 Å². The number of benzene rings is 2. The normalized spacial score (nSPS) is 12.3. The van der Waals surface area contributed by atoms with Gasteiger partial charge in [-0.15, -0.1) is 11.3 Å². The maximum atomic E-state index is 13.2. The maximum absolute atomic E-state index is 13.2. The van der Waals surface area contributed by atoms with Gasteiger partial charge in [-0.05, 0) is 30.2 Å². The molecule has 0 unspecified atom stereocenters. The van der Waals surface area contributed by atoms with E-state index < -0.39 is 0 Å². The molecule has 2 aromatic carbocycles. The molecule has 2 aromatic heterocycles. The molecule has 0 atom stereocenters. The smallest absolute Gasteiger partial charge is 0.263 e. The highest BCUT2D eigenvalue weighted by Gasteiger charge is 2.18. The van der Waals surface area contributed by atoms with E-state index >= 15 is 0 Å². The van der Waals surface area contributed by atoms with Gasteiger partial charge in [-0.1, -0.05) is 36.4 Å². The van der Waals surface area contributed by atoms with Crippen molar-refractivity contribution in [1.29, 1.82) is 0 Å². The predicted molar refractivity (Wildman–Crippen MR) is 118 cm³/mol. The van der Waals surface area contributed by atoms with Crippen molar-refractivity contribution in [3.05, 3.63) is 75.7 Å². The number of hydrogen-bond acceptors (Lipinski definition) is 6. The van der Waals surface area contributed by atoms with Crippen molar-refractivity contribution in [1.82, 2.24) is 14.9 Å². The van der Waals surface area contributed by atoms with Crippen molar-refractivity contribution in [2.75, 3.05) is 6.79 Å². The molecule has 31 heavy (non-hydrogen) atoms. The largest absolute Gasteiger partial charge is 0.454 e. The van der Waals surface area contributed by atoms with Crippen molar-refractivity contribution in [2.45, 2.75) is 20.0 Å². The number of rotatable bonds is 5. The van der Waals surface area contributed by atoms with Crippen LogP contribution in [0.2, 0.25) is 0 Å². The molecule has 156 valence electrons. The molecule has 0 saturated heterocycles. The molecule has 1 amide bonds. The Morgan fingerprint density at radius 3 is 2.81 bits per heavy atom. The lowest BCUT2D eigenvalue weighted by atomic mass is 10.0. The van der Waals surface area contributed by atoms with Gasteiger partial charge in [0.2, 0.25) is 12.7 Å². The molecule has 4 aromatic rings. The van der Waals surface area contributed by atoms with Crippen LogP contribution in [-0.2, 0) is 17.9 Å². The minimum absolute atomic E-state index is 0.102. The zero-order valence-electron chi connectivity index (χ0n) is 16.8. The molecule has 0 aliphatic carbocycles. The molecular weight excluding hydrogens is 414 g/mol. The molecule has 0 fully saturated rings. The fourth-order valence-electron chi connectivity index (χ4n) is 3.66. The molecule has 0 spiro atoms. The third-order valence-corrected chi connectivity index (χ3v) is 6.17. The monoisotopic (exact) mass is 433 g/mol. The Bertz CT molecular complexity index is 1340. The fraction of sp³-hybridized carbons (Fsp3) is 0.174. The van der Waals surface area contributed by atoms with Crippen LogP contribution in [-0.4, -0.2) is 22.3 Å². The summed E-state index contributed by atoms with van der Waals surface area (Å²) in [7, 11) is 0. The Balaban J connectivity index is 1.37. The highest BCUT2D eigenvalue weighted by molar-refractivity contribution is 7.19. The van der Waals surface area contributed by atoms with Crippen molar-refractivity contribution in [2.24, 2.45) is 0 Å². The van der Waals surface area contributed by atoms with E-state index in [9.17, 15) is 9.59 Å². The van der Waals surface area contributed by atoms with E-state index in [0.29, 0.717) is 28.3 Å². The second-order valence-corrected chi connectivity index (χ2v) is 8.42. The second kappa shape index (κ2) is 7.88. The number of aryl methyl sites for hydroxylation is 1. The number of ether oxygens (including phenoxy) is 2. The second-order valence-electron chi connectivity index (χ2n) is 7.22. The van der Waals surface area contributed by atoms with Gasteiger partial charge in [-0.25, -0.2) is 4.98 Å². The van der Waals surface area contributed by atoms with Gasteiger partial charge in [-0.3, -0.25) is 14.2 Å². The van der Waals surface area contributed by atoms with E-state index in [0.717, 1.165) is 21.6 Å². The van der Waals surface area contributed by atoms with Crippen molar-refractivity contribution >= 4 is 27.5 Å². The number of thiophene rings is 1. The molecule has 1 N–H and O–H groups in total. The third kappa shape index (κ3) is 3.66. The van der Waals surface area contributed by atoms with Gasteiger partial charge in [0.25, 0.3) is 5.56 Å². The van der Waals surface area contributed by atoms with E-state index in [-0.39, 0.29) is 24.8 Å². The van der Waals surface area contributed by atoms with E-state index in [1.165, 1.54) is 22.2 Å². The number of carbonyl (C=O) groups is 1. The van der Waals surface area contributed by atoms with Gasteiger partial charge in [0.1, 0.15) is 11.4 Å². The maximum Gasteiger partial charge on any atom is 0.263 e. The molecule has 3 heterocycles. The van der Waals surface area contributed by atoms with Crippen molar-refractivity contribution in [3.63, 3.8) is 0 Å². The van der Waals surface area contributed by atoms with Gasteiger partial charge in [0.15, 0.2) is 11.5 Å². The highest BCUT2D eigenvalue weighted by Crippen LogP contribution is 2.35. The predicted octanol–water partition coefficient (Wildman–Crippen LogP) is 3.48. The van der Waals surface area contributed by atoms with Gasteiger partial charge < -0.3 is 14.8 Å². The zero-order chi connectivity index (χ0) is 21.4. The third-order valence-electron chi connectivity index (χ3n) is 5.16. The van der Waals surface area contributed by atoms with Crippen molar-refractivity contribution in [3.8, 4) is 22.6 Å². The van der Waals surface area contributed by atoms with Crippen LogP contribution in [0.3, 0.4) is 0 Å². The van der Waals surface area contributed by atoms with Crippen LogP contribution in [0.25, 0.3) is 21.3 Å². The van der Waals surface area contributed by atoms with E-state index in [4.69, 9.17) is 9.47 Å². The average Bonchev–Trinajstić information content (AvgIpc) is 3.38. The van der Waals surface area contributed by atoms with E-state index in [1.54, 1.807) is 0 Å². The first kappa shape index (κ1) is 19.3. The van der Waals surface area contributed by atoms with Crippen LogP contribution in [0.4, 0.5) is 0 Å². The SMILES string of the molecule is Cc1sc2ncn(CC(=O)NCc3ccc4c(c3)OCO4)c(=O)c2c1-c1ccccc1. The number of fused-ring (bicyclic) bond motifs is 2. The summed E-state index contributed by atoms with van der Waals surface area (Å²) in [5.41, 5.74) is 2.52. The summed E-state index contributed by atoms with van der Waals surface area (Å²) in [5, 5.41) is 3.40. The first-order valence-corrected chi connectivity index (χ1v) is 10.6. The summed E-state index contributed by atoms with van der Waals surface area (Å²) in [5.74, 6) is 1.09. The Kier molecular flexibility index (Phi) is 4.91. The topological polar surface area (TPSA) is 82.5 Å². The minimum atomic E-state index is -0.269.